The van der Waals surface area contributed by atoms with Gasteiger partial charge in [-0.25, -0.2) is 8.42 Å². The van der Waals surface area contributed by atoms with Crippen molar-refractivity contribution in [1.82, 2.24) is 0 Å². The van der Waals surface area contributed by atoms with Crippen molar-refractivity contribution in [2.75, 3.05) is 10.8 Å². The van der Waals surface area contributed by atoms with Crippen molar-refractivity contribution in [1.29, 1.82) is 0 Å². The van der Waals surface area contributed by atoms with E-state index in [1.807, 2.05) is 26.8 Å². The lowest BCUT2D eigenvalue weighted by molar-refractivity contribution is -0.136. The number of anilines is 1. The highest BCUT2D eigenvalue weighted by Gasteiger charge is 2.26. The number of rotatable bonds is 6. The summed E-state index contributed by atoms with van der Waals surface area (Å²) in [7, 11) is -3.84. The first-order chi connectivity index (χ1) is 11.2. The molecule has 1 N–H and O–H groups in total. The fourth-order valence-electron chi connectivity index (χ4n) is 2.41. The number of nitrogens with zero attached hydrogens (tertiary/aromatic N) is 1. The summed E-state index contributed by atoms with van der Waals surface area (Å²) in [6.07, 6.45) is -0.265. The van der Waals surface area contributed by atoms with Crippen LogP contribution in [0.2, 0.25) is 0 Å². The molecule has 0 aromatic heterocycles. The lowest BCUT2D eigenvalue weighted by atomic mass is 10.1. The Balaban J connectivity index is 2.55. The standard InChI is InChI=1S/C18H21NO4S/c1-13-7-9-16(10-8-13)24(22,23)19(12-11-18(20)21)17-6-4-5-14(2)15(17)3/h4-10H,11-12H2,1-3H3,(H,20,21). The summed E-state index contributed by atoms with van der Waals surface area (Å²) in [5.41, 5.74) is 3.24. The van der Waals surface area contributed by atoms with Crippen molar-refractivity contribution >= 4 is 21.7 Å². The van der Waals surface area contributed by atoms with E-state index in [0.717, 1.165) is 16.7 Å². The van der Waals surface area contributed by atoms with E-state index < -0.39 is 16.0 Å². The molecule has 0 spiro atoms. The maximum absolute atomic E-state index is 13.1. The Morgan fingerprint density at radius 2 is 1.67 bits per heavy atom. The molecule has 0 saturated carbocycles. The van der Waals surface area contributed by atoms with Crippen LogP contribution >= 0.6 is 0 Å². The van der Waals surface area contributed by atoms with Crippen LogP contribution in [0, 0.1) is 20.8 Å². The Morgan fingerprint density at radius 3 is 2.25 bits per heavy atom. The Morgan fingerprint density at radius 1 is 1.04 bits per heavy atom. The fraction of sp³-hybridized carbons (Fsp3) is 0.278. The molecule has 24 heavy (non-hydrogen) atoms. The number of aliphatic carboxylic acids is 1. The molecule has 0 atom stereocenters. The molecular weight excluding hydrogens is 326 g/mol. The Hall–Kier alpha value is -2.34. The zero-order valence-corrected chi connectivity index (χ0v) is 14.8. The molecule has 0 unspecified atom stereocenters. The molecule has 0 heterocycles. The largest absolute Gasteiger partial charge is 0.481 e. The van der Waals surface area contributed by atoms with Crippen LogP contribution in [0.4, 0.5) is 5.69 Å². The fourth-order valence-corrected chi connectivity index (χ4v) is 3.93. The van der Waals surface area contributed by atoms with Crippen LogP contribution < -0.4 is 4.31 Å². The van der Waals surface area contributed by atoms with Gasteiger partial charge in [-0.2, -0.15) is 0 Å². The molecule has 0 bridgehead atoms. The van der Waals surface area contributed by atoms with Gasteiger partial charge >= 0.3 is 5.97 Å². The Bertz CT molecular complexity index is 842. The van der Waals surface area contributed by atoms with E-state index in [1.54, 1.807) is 36.4 Å². The second-order valence-corrected chi connectivity index (χ2v) is 7.62. The highest BCUT2D eigenvalue weighted by atomic mass is 32.2. The molecule has 0 aliphatic heterocycles. The summed E-state index contributed by atoms with van der Waals surface area (Å²) in [6.45, 7) is 5.49. The summed E-state index contributed by atoms with van der Waals surface area (Å²) in [6, 6.07) is 11.9. The first kappa shape index (κ1) is 18.0. The quantitative estimate of drug-likeness (QED) is 0.870. The second-order valence-electron chi connectivity index (χ2n) is 5.75. The van der Waals surface area contributed by atoms with E-state index in [4.69, 9.17) is 5.11 Å². The van der Waals surface area contributed by atoms with Crippen molar-refractivity contribution in [3.05, 3.63) is 59.2 Å². The van der Waals surface area contributed by atoms with Crippen LogP contribution in [0.15, 0.2) is 47.4 Å². The SMILES string of the molecule is Cc1ccc(S(=O)(=O)N(CCC(=O)O)c2cccc(C)c2C)cc1. The number of carboxylic acid groups (broad SMARTS) is 1. The van der Waals surface area contributed by atoms with Crippen LogP contribution in [0.3, 0.4) is 0 Å². The minimum Gasteiger partial charge on any atom is -0.481 e. The maximum Gasteiger partial charge on any atom is 0.305 e. The van der Waals surface area contributed by atoms with Crippen molar-refractivity contribution in [3.8, 4) is 0 Å². The Kier molecular flexibility index (Phi) is 5.29. The molecule has 5 nitrogen and oxygen atoms in total. The molecule has 0 amide bonds. The van der Waals surface area contributed by atoms with Crippen molar-refractivity contribution in [3.63, 3.8) is 0 Å². The van der Waals surface area contributed by atoms with Gasteiger partial charge in [-0.1, -0.05) is 29.8 Å². The summed E-state index contributed by atoms with van der Waals surface area (Å²) in [4.78, 5) is 11.1. The smallest absolute Gasteiger partial charge is 0.305 e. The van der Waals surface area contributed by atoms with Gasteiger partial charge in [0.05, 0.1) is 17.0 Å². The van der Waals surface area contributed by atoms with E-state index in [1.165, 1.54) is 4.31 Å². The monoisotopic (exact) mass is 347 g/mol. The summed E-state index contributed by atoms with van der Waals surface area (Å²) < 4.78 is 27.3. The van der Waals surface area contributed by atoms with Crippen LogP contribution in [-0.4, -0.2) is 26.0 Å². The summed E-state index contributed by atoms with van der Waals surface area (Å²) >= 11 is 0. The number of sulfonamides is 1. The number of carboxylic acids is 1. The first-order valence-electron chi connectivity index (χ1n) is 7.61. The second kappa shape index (κ2) is 7.05. The van der Waals surface area contributed by atoms with Gasteiger partial charge in [-0.3, -0.25) is 9.10 Å². The molecule has 2 aromatic rings. The van der Waals surface area contributed by atoms with Crippen molar-refractivity contribution in [2.24, 2.45) is 0 Å². The maximum atomic E-state index is 13.1. The molecule has 0 saturated heterocycles. The average Bonchev–Trinajstić information content (AvgIpc) is 2.51. The van der Waals surface area contributed by atoms with Gasteiger partial charge in [0.2, 0.25) is 0 Å². The van der Waals surface area contributed by atoms with E-state index in [9.17, 15) is 13.2 Å². The normalized spacial score (nSPS) is 11.3. The molecule has 2 rings (SSSR count). The number of hydrogen-bond donors (Lipinski definition) is 1. The molecule has 0 aliphatic carbocycles. The van der Waals surface area contributed by atoms with Crippen LogP contribution in [0.1, 0.15) is 23.1 Å². The molecular formula is C18H21NO4S. The van der Waals surface area contributed by atoms with E-state index in [-0.39, 0.29) is 17.9 Å². The topological polar surface area (TPSA) is 74.7 Å². The molecule has 128 valence electrons. The van der Waals surface area contributed by atoms with Crippen LogP contribution in [0.5, 0.6) is 0 Å². The van der Waals surface area contributed by atoms with Crippen molar-refractivity contribution in [2.45, 2.75) is 32.1 Å². The lowest BCUT2D eigenvalue weighted by Gasteiger charge is -2.26. The van der Waals surface area contributed by atoms with Gasteiger partial charge in [0.25, 0.3) is 10.0 Å². The minimum absolute atomic E-state index is 0.115. The lowest BCUT2D eigenvalue weighted by Crippen LogP contribution is -2.33. The summed E-state index contributed by atoms with van der Waals surface area (Å²) in [5, 5.41) is 8.98. The molecule has 0 aliphatic rings. The molecule has 0 fully saturated rings. The third-order valence-corrected chi connectivity index (χ3v) is 5.81. The summed E-state index contributed by atoms with van der Waals surface area (Å²) in [5.74, 6) is -1.04. The molecule has 6 heteroatoms. The number of hydrogen-bond acceptors (Lipinski definition) is 3. The van der Waals surface area contributed by atoms with Crippen LogP contribution in [0.25, 0.3) is 0 Å². The third kappa shape index (κ3) is 3.76. The van der Waals surface area contributed by atoms with Gasteiger partial charge < -0.3 is 5.11 Å². The molecule has 0 radical (unpaired) electrons. The van der Waals surface area contributed by atoms with Gasteiger partial charge in [0.15, 0.2) is 0 Å². The van der Waals surface area contributed by atoms with E-state index >= 15 is 0 Å². The molecule has 2 aromatic carbocycles. The predicted molar refractivity (Wildman–Crippen MR) is 93.9 cm³/mol. The van der Waals surface area contributed by atoms with Gasteiger partial charge in [-0.15, -0.1) is 0 Å². The number of benzene rings is 2. The highest BCUT2D eigenvalue weighted by Crippen LogP contribution is 2.28. The van der Waals surface area contributed by atoms with Crippen LogP contribution in [-0.2, 0) is 14.8 Å². The average molecular weight is 347 g/mol. The highest BCUT2D eigenvalue weighted by molar-refractivity contribution is 7.92. The Labute approximate surface area is 142 Å². The number of carbonyl (C=O) groups is 1. The zero-order chi connectivity index (χ0) is 17.9. The van der Waals surface area contributed by atoms with E-state index in [2.05, 4.69) is 0 Å². The minimum atomic E-state index is -3.84. The van der Waals surface area contributed by atoms with Gasteiger partial charge in [0, 0.05) is 6.54 Å². The third-order valence-electron chi connectivity index (χ3n) is 3.98. The van der Waals surface area contributed by atoms with Crippen molar-refractivity contribution < 1.29 is 18.3 Å². The predicted octanol–water partition coefficient (Wildman–Crippen LogP) is 3.28. The number of aryl methyl sites for hydroxylation is 2. The zero-order valence-electron chi connectivity index (χ0n) is 14.0. The van der Waals surface area contributed by atoms with E-state index in [0.29, 0.717) is 5.69 Å². The van der Waals surface area contributed by atoms with Gasteiger partial charge in [-0.05, 0) is 50.1 Å². The van der Waals surface area contributed by atoms with Gasteiger partial charge in [0.1, 0.15) is 0 Å². The first-order valence-corrected chi connectivity index (χ1v) is 9.05.